The second-order valence-corrected chi connectivity index (χ2v) is 9.09. The number of aromatic nitrogens is 1. The van der Waals surface area contributed by atoms with Crippen LogP contribution in [0.5, 0.6) is 0 Å². The first kappa shape index (κ1) is 19.3. The lowest BCUT2D eigenvalue weighted by molar-refractivity contribution is -0.659. The van der Waals surface area contributed by atoms with E-state index < -0.39 is 0 Å². The molecule has 7 rings (SSSR count). The molecule has 0 aliphatic heterocycles. The maximum Gasteiger partial charge on any atom is 0.224 e. The summed E-state index contributed by atoms with van der Waals surface area (Å²) in [6, 6.07) is 21.3. The van der Waals surface area contributed by atoms with E-state index in [1.807, 2.05) is 24.3 Å². The van der Waals surface area contributed by atoms with E-state index in [0.717, 1.165) is 60.3 Å². The predicted octanol–water partition coefficient (Wildman–Crippen LogP) is 7.89. The number of rotatable bonds is 1. The summed E-state index contributed by atoms with van der Waals surface area (Å²) in [5, 5.41) is 5.99. The SMILES string of the molecule is Cc1cc2c(oc3ccccc32)c(-c2c3ccc4c5cc(F)ccc5oc4c3cc[n+]2C)c1C. The van der Waals surface area contributed by atoms with E-state index in [2.05, 4.69) is 55.9 Å². The van der Waals surface area contributed by atoms with Crippen molar-refractivity contribution in [3.8, 4) is 11.3 Å². The third kappa shape index (κ3) is 2.48. The van der Waals surface area contributed by atoms with Gasteiger partial charge in [0, 0.05) is 33.0 Å². The number of benzene rings is 4. The molecule has 0 saturated carbocycles. The first-order chi connectivity index (χ1) is 16.5. The van der Waals surface area contributed by atoms with Gasteiger partial charge in [0.05, 0.1) is 10.9 Å². The summed E-state index contributed by atoms with van der Waals surface area (Å²) in [6.07, 6.45) is 2.06. The Balaban J connectivity index is 1.65. The first-order valence-electron chi connectivity index (χ1n) is 11.4. The number of hydrogen-bond acceptors (Lipinski definition) is 2. The lowest BCUT2D eigenvalue weighted by atomic mass is 9.93. The topological polar surface area (TPSA) is 30.2 Å². The van der Waals surface area contributed by atoms with Gasteiger partial charge in [0.25, 0.3) is 0 Å². The molecule has 3 nitrogen and oxygen atoms in total. The third-order valence-corrected chi connectivity index (χ3v) is 7.14. The van der Waals surface area contributed by atoms with Crippen molar-refractivity contribution in [2.45, 2.75) is 13.8 Å². The minimum Gasteiger partial charge on any atom is -0.455 e. The summed E-state index contributed by atoms with van der Waals surface area (Å²) < 4.78 is 28.8. The van der Waals surface area contributed by atoms with Crippen molar-refractivity contribution in [2.75, 3.05) is 0 Å². The molecule has 164 valence electrons. The summed E-state index contributed by atoms with van der Waals surface area (Å²) >= 11 is 0. The Hall–Kier alpha value is -4.18. The number of fused-ring (bicyclic) bond motifs is 8. The van der Waals surface area contributed by atoms with Crippen molar-refractivity contribution in [3.63, 3.8) is 0 Å². The van der Waals surface area contributed by atoms with Crippen LogP contribution < -0.4 is 4.57 Å². The molecule has 0 saturated heterocycles. The Kier molecular flexibility index (Phi) is 3.79. The highest BCUT2D eigenvalue weighted by atomic mass is 19.1. The van der Waals surface area contributed by atoms with E-state index in [9.17, 15) is 4.39 Å². The largest absolute Gasteiger partial charge is 0.455 e. The van der Waals surface area contributed by atoms with Crippen LogP contribution in [0.25, 0.3) is 65.9 Å². The monoisotopic (exact) mass is 446 g/mol. The molecule has 0 aliphatic carbocycles. The molecule has 34 heavy (non-hydrogen) atoms. The number of halogens is 1. The van der Waals surface area contributed by atoms with Gasteiger partial charge in [0.2, 0.25) is 5.69 Å². The average Bonchev–Trinajstić information content (AvgIpc) is 3.38. The van der Waals surface area contributed by atoms with Gasteiger partial charge in [-0.3, -0.25) is 0 Å². The van der Waals surface area contributed by atoms with Crippen molar-refractivity contribution < 1.29 is 17.8 Å². The van der Waals surface area contributed by atoms with Crippen LogP contribution in [0.1, 0.15) is 11.1 Å². The molecule has 0 N–H and O–H groups in total. The van der Waals surface area contributed by atoms with Crippen LogP contribution in [0.3, 0.4) is 0 Å². The smallest absolute Gasteiger partial charge is 0.224 e. The van der Waals surface area contributed by atoms with Gasteiger partial charge in [-0.25, -0.2) is 8.96 Å². The third-order valence-electron chi connectivity index (χ3n) is 7.14. The van der Waals surface area contributed by atoms with Crippen LogP contribution in [-0.4, -0.2) is 0 Å². The number of pyridine rings is 1. The van der Waals surface area contributed by atoms with Crippen LogP contribution in [0.15, 0.2) is 81.8 Å². The minimum absolute atomic E-state index is 0.266. The summed E-state index contributed by atoms with van der Waals surface area (Å²) in [5.41, 5.74) is 7.77. The highest BCUT2D eigenvalue weighted by Gasteiger charge is 2.26. The second kappa shape index (κ2) is 6.67. The molecule has 0 aliphatic rings. The van der Waals surface area contributed by atoms with Gasteiger partial charge in [-0.1, -0.05) is 18.2 Å². The molecule has 3 heterocycles. The normalized spacial score (nSPS) is 12.1. The lowest BCUT2D eigenvalue weighted by Gasteiger charge is -2.11. The molecule has 0 unspecified atom stereocenters. The molecule has 3 aromatic heterocycles. The molecule has 7 aromatic rings. The van der Waals surface area contributed by atoms with Crippen LogP contribution in [-0.2, 0) is 7.05 Å². The summed E-state index contributed by atoms with van der Waals surface area (Å²) in [5.74, 6) is -0.266. The van der Waals surface area contributed by atoms with Gasteiger partial charge >= 0.3 is 0 Å². The van der Waals surface area contributed by atoms with Crippen molar-refractivity contribution in [1.82, 2.24) is 0 Å². The van der Waals surface area contributed by atoms with Gasteiger partial charge in [0.1, 0.15) is 35.2 Å². The number of furan rings is 2. The van der Waals surface area contributed by atoms with Crippen molar-refractivity contribution >= 4 is 54.6 Å². The quantitative estimate of drug-likeness (QED) is 0.240. The summed E-state index contributed by atoms with van der Waals surface area (Å²) in [6.45, 7) is 4.30. The fourth-order valence-corrected chi connectivity index (χ4v) is 5.34. The lowest BCUT2D eigenvalue weighted by Crippen LogP contribution is -2.30. The molecule has 0 fully saturated rings. The summed E-state index contributed by atoms with van der Waals surface area (Å²) in [7, 11) is 2.06. The number of hydrogen-bond donors (Lipinski definition) is 0. The number of para-hydroxylation sites is 1. The van der Waals surface area contributed by atoms with E-state index in [-0.39, 0.29) is 5.82 Å². The van der Waals surface area contributed by atoms with Crippen LogP contribution in [0, 0.1) is 19.7 Å². The molecule has 4 aromatic carbocycles. The number of nitrogens with zero attached hydrogens (tertiary/aromatic N) is 1. The zero-order valence-electron chi connectivity index (χ0n) is 19.1. The molecular formula is C30H21FNO2+. The minimum atomic E-state index is -0.266. The maximum atomic E-state index is 14.0. The highest BCUT2D eigenvalue weighted by Crippen LogP contribution is 2.42. The van der Waals surface area contributed by atoms with Crippen molar-refractivity contribution in [3.05, 3.63) is 89.9 Å². The standard InChI is InChI=1S/C30H21FNO2/c1-16-14-24-19-6-4-5-7-25(19)34-30(24)27(17(16)2)28-20-9-10-21-23-15-18(31)8-11-26(23)33-29(21)22(20)12-13-32(28)3/h4-15H,1-3H3/q+1. The zero-order valence-corrected chi connectivity index (χ0v) is 19.1. The molecule has 4 heteroatoms. The van der Waals surface area contributed by atoms with E-state index in [1.54, 1.807) is 12.1 Å². The summed E-state index contributed by atoms with van der Waals surface area (Å²) in [4.78, 5) is 0. The van der Waals surface area contributed by atoms with E-state index in [1.165, 1.54) is 17.2 Å². The molecule has 0 bridgehead atoms. The number of aryl methyl sites for hydroxylation is 2. The Morgan fingerprint density at radius 1 is 0.676 bits per heavy atom. The van der Waals surface area contributed by atoms with Gasteiger partial charge in [-0.15, -0.1) is 0 Å². The average molecular weight is 447 g/mol. The van der Waals surface area contributed by atoms with Gasteiger partial charge in [-0.2, -0.15) is 0 Å². The van der Waals surface area contributed by atoms with Gasteiger partial charge < -0.3 is 8.83 Å². The fraction of sp³-hybridized carbons (Fsp3) is 0.100. The Bertz CT molecular complexity index is 1960. The van der Waals surface area contributed by atoms with Crippen LogP contribution in [0.2, 0.25) is 0 Å². The van der Waals surface area contributed by atoms with E-state index in [0.29, 0.717) is 5.58 Å². The zero-order chi connectivity index (χ0) is 23.1. The highest BCUT2D eigenvalue weighted by molar-refractivity contribution is 6.18. The van der Waals surface area contributed by atoms with Gasteiger partial charge in [-0.05, 0) is 67.4 Å². The maximum absolute atomic E-state index is 14.0. The van der Waals surface area contributed by atoms with E-state index in [4.69, 9.17) is 8.83 Å². The predicted molar refractivity (Wildman–Crippen MR) is 135 cm³/mol. The molecule has 0 atom stereocenters. The molecule has 0 amide bonds. The molecule has 0 spiro atoms. The van der Waals surface area contributed by atoms with E-state index >= 15 is 0 Å². The molecular weight excluding hydrogens is 425 g/mol. The van der Waals surface area contributed by atoms with Gasteiger partial charge in [0.15, 0.2) is 6.20 Å². The van der Waals surface area contributed by atoms with Crippen molar-refractivity contribution in [1.29, 1.82) is 0 Å². The fourth-order valence-electron chi connectivity index (χ4n) is 5.34. The Morgan fingerprint density at radius 2 is 1.41 bits per heavy atom. The second-order valence-electron chi connectivity index (χ2n) is 9.09. The Labute approximate surface area is 194 Å². The van der Waals surface area contributed by atoms with Crippen LogP contribution in [0.4, 0.5) is 4.39 Å². The van der Waals surface area contributed by atoms with Crippen LogP contribution >= 0.6 is 0 Å². The Morgan fingerprint density at radius 3 is 2.29 bits per heavy atom. The first-order valence-corrected chi connectivity index (χ1v) is 11.4. The molecule has 0 radical (unpaired) electrons. The van der Waals surface area contributed by atoms with Crippen molar-refractivity contribution in [2.24, 2.45) is 7.05 Å².